The number of fused-ring (bicyclic) bond motifs is 1. The van der Waals surface area contributed by atoms with Crippen LogP contribution in [0.25, 0.3) is 0 Å². The van der Waals surface area contributed by atoms with Crippen molar-refractivity contribution in [3.05, 3.63) is 63.6 Å². The van der Waals surface area contributed by atoms with Crippen molar-refractivity contribution in [3.63, 3.8) is 0 Å². The van der Waals surface area contributed by atoms with E-state index in [2.05, 4.69) is 20.9 Å². The van der Waals surface area contributed by atoms with Crippen LogP contribution in [0.3, 0.4) is 0 Å². The maximum absolute atomic E-state index is 12.3. The van der Waals surface area contributed by atoms with Gasteiger partial charge in [0, 0.05) is 17.4 Å². The van der Waals surface area contributed by atoms with Crippen molar-refractivity contribution in [2.24, 2.45) is 0 Å². The molecule has 0 bridgehead atoms. The Morgan fingerprint density at radius 2 is 1.93 bits per heavy atom. The van der Waals surface area contributed by atoms with E-state index in [9.17, 15) is 14.4 Å². The molecule has 27 heavy (non-hydrogen) atoms. The lowest BCUT2D eigenvalue weighted by atomic mass is 9.90. The first kappa shape index (κ1) is 18.7. The number of carbonyl (C=O) groups excluding carboxylic acids is 2. The van der Waals surface area contributed by atoms with Crippen LogP contribution in [0.15, 0.2) is 41.2 Å². The van der Waals surface area contributed by atoms with Gasteiger partial charge in [0.1, 0.15) is 5.56 Å². The van der Waals surface area contributed by atoms with Gasteiger partial charge < -0.3 is 20.9 Å². The van der Waals surface area contributed by atoms with Gasteiger partial charge in [-0.25, -0.2) is 4.79 Å². The number of anilines is 1. The molecule has 0 fully saturated rings. The number of aromatic nitrogens is 1. The van der Waals surface area contributed by atoms with E-state index >= 15 is 0 Å². The first-order valence-electron chi connectivity index (χ1n) is 9.13. The largest absolute Gasteiger partial charge is 0.350 e. The summed E-state index contributed by atoms with van der Waals surface area (Å²) in [6.45, 7) is 3.67. The predicted octanol–water partition coefficient (Wildman–Crippen LogP) is 2.71. The van der Waals surface area contributed by atoms with Crippen molar-refractivity contribution in [1.29, 1.82) is 0 Å². The van der Waals surface area contributed by atoms with E-state index in [0.717, 1.165) is 30.5 Å². The standard InChI is InChI=1S/C20H24N4O3/c1-12(2)21-18(25)15-11-14-16(23-19(15)26)9-6-10-17(14)24-20(27)22-13-7-4-3-5-8-13/h3-5,7-8,11-12,17H,6,9-10H2,1-2H3,(H,21,25)(H,23,26)(H2,22,24,27). The van der Waals surface area contributed by atoms with Gasteiger partial charge in [-0.15, -0.1) is 0 Å². The molecule has 0 saturated heterocycles. The minimum Gasteiger partial charge on any atom is -0.350 e. The third-order valence-corrected chi connectivity index (χ3v) is 4.45. The summed E-state index contributed by atoms with van der Waals surface area (Å²) in [7, 11) is 0. The van der Waals surface area contributed by atoms with Crippen molar-refractivity contribution in [1.82, 2.24) is 15.6 Å². The normalized spacial score (nSPS) is 15.7. The Balaban J connectivity index is 1.81. The molecule has 1 unspecified atom stereocenters. The molecule has 0 aliphatic heterocycles. The van der Waals surface area contributed by atoms with Gasteiger partial charge in [0.25, 0.3) is 11.5 Å². The number of aromatic amines is 1. The Labute approximate surface area is 157 Å². The minimum atomic E-state index is -0.410. The molecule has 1 aromatic heterocycles. The molecule has 1 aromatic carbocycles. The number of aryl methyl sites for hydroxylation is 1. The van der Waals surface area contributed by atoms with Crippen LogP contribution >= 0.6 is 0 Å². The van der Waals surface area contributed by atoms with Crippen LogP contribution < -0.4 is 21.5 Å². The zero-order valence-electron chi connectivity index (χ0n) is 15.5. The molecule has 3 amide bonds. The third-order valence-electron chi connectivity index (χ3n) is 4.45. The Morgan fingerprint density at radius 1 is 1.19 bits per heavy atom. The summed E-state index contributed by atoms with van der Waals surface area (Å²) in [5, 5.41) is 8.48. The summed E-state index contributed by atoms with van der Waals surface area (Å²) in [4.78, 5) is 39.7. The van der Waals surface area contributed by atoms with Crippen LogP contribution in [-0.4, -0.2) is 23.0 Å². The van der Waals surface area contributed by atoms with E-state index in [0.29, 0.717) is 5.69 Å². The smallest absolute Gasteiger partial charge is 0.319 e. The van der Waals surface area contributed by atoms with E-state index in [-0.39, 0.29) is 23.7 Å². The average molecular weight is 368 g/mol. The number of benzene rings is 1. The van der Waals surface area contributed by atoms with Crippen molar-refractivity contribution >= 4 is 17.6 Å². The molecule has 7 heteroatoms. The van der Waals surface area contributed by atoms with Gasteiger partial charge in [-0.3, -0.25) is 9.59 Å². The second-order valence-corrected chi connectivity index (χ2v) is 6.98. The van der Waals surface area contributed by atoms with E-state index in [1.807, 2.05) is 32.0 Å². The summed E-state index contributed by atoms with van der Waals surface area (Å²) in [5.74, 6) is -0.410. The van der Waals surface area contributed by atoms with Crippen LogP contribution in [0.5, 0.6) is 0 Å². The maximum Gasteiger partial charge on any atom is 0.319 e. The number of H-pyrrole nitrogens is 1. The molecule has 0 saturated carbocycles. The van der Waals surface area contributed by atoms with Crippen molar-refractivity contribution in [2.75, 3.05) is 5.32 Å². The number of hydrogen-bond acceptors (Lipinski definition) is 3. The summed E-state index contributed by atoms with van der Waals surface area (Å²) >= 11 is 0. The number of nitrogens with one attached hydrogen (secondary N) is 4. The fourth-order valence-electron chi connectivity index (χ4n) is 3.25. The van der Waals surface area contributed by atoms with Crippen LogP contribution in [0.1, 0.15) is 54.3 Å². The predicted molar refractivity (Wildman–Crippen MR) is 104 cm³/mol. The molecule has 1 aliphatic carbocycles. The van der Waals surface area contributed by atoms with Gasteiger partial charge in [-0.2, -0.15) is 0 Å². The van der Waals surface area contributed by atoms with E-state index in [1.54, 1.807) is 18.2 Å². The number of amides is 3. The number of pyridine rings is 1. The van der Waals surface area contributed by atoms with Crippen LogP contribution in [-0.2, 0) is 6.42 Å². The highest BCUT2D eigenvalue weighted by atomic mass is 16.2. The number of urea groups is 1. The molecule has 1 aliphatic rings. The molecule has 3 rings (SSSR count). The zero-order valence-corrected chi connectivity index (χ0v) is 15.5. The molecule has 7 nitrogen and oxygen atoms in total. The average Bonchev–Trinajstić information content (AvgIpc) is 2.61. The fraction of sp³-hybridized carbons (Fsp3) is 0.350. The lowest BCUT2D eigenvalue weighted by molar-refractivity contribution is 0.0941. The molecule has 0 spiro atoms. The van der Waals surface area contributed by atoms with Crippen LogP contribution in [0.2, 0.25) is 0 Å². The second kappa shape index (κ2) is 8.07. The number of para-hydroxylation sites is 1. The van der Waals surface area contributed by atoms with E-state index in [1.165, 1.54) is 0 Å². The first-order valence-corrected chi connectivity index (χ1v) is 9.13. The third kappa shape index (κ3) is 4.55. The molecule has 1 heterocycles. The van der Waals surface area contributed by atoms with Crippen molar-refractivity contribution in [2.45, 2.75) is 45.2 Å². The van der Waals surface area contributed by atoms with Gasteiger partial charge in [-0.05, 0) is 56.9 Å². The summed E-state index contributed by atoms with van der Waals surface area (Å²) in [6, 6.07) is 10.1. The monoisotopic (exact) mass is 368 g/mol. The van der Waals surface area contributed by atoms with Crippen LogP contribution in [0, 0.1) is 0 Å². The molecule has 4 N–H and O–H groups in total. The fourth-order valence-corrected chi connectivity index (χ4v) is 3.25. The number of carbonyl (C=O) groups is 2. The summed E-state index contributed by atoms with van der Waals surface area (Å²) in [5.41, 5.74) is 1.93. The van der Waals surface area contributed by atoms with Crippen molar-refractivity contribution < 1.29 is 9.59 Å². The zero-order chi connectivity index (χ0) is 19.4. The van der Waals surface area contributed by atoms with E-state index < -0.39 is 11.5 Å². The SMILES string of the molecule is CC(C)NC(=O)c1cc2c([nH]c1=O)CCCC2NC(=O)Nc1ccccc1. The molecular formula is C20H24N4O3. The van der Waals surface area contributed by atoms with Gasteiger partial charge in [0.05, 0.1) is 6.04 Å². The quantitative estimate of drug-likeness (QED) is 0.667. The topological polar surface area (TPSA) is 103 Å². The highest BCUT2D eigenvalue weighted by molar-refractivity contribution is 5.94. The molecule has 0 radical (unpaired) electrons. The second-order valence-electron chi connectivity index (χ2n) is 6.98. The maximum atomic E-state index is 12.3. The summed E-state index contributed by atoms with van der Waals surface area (Å²) in [6.07, 6.45) is 2.30. The molecule has 1 atom stereocenters. The molecular weight excluding hydrogens is 344 g/mol. The highest BCUT2D eigenvalue weighted by Crippen LogP contribution is 2.28. The lowest BCUT2D eigenvalue weighted by Crippen LogP contribution is -2.38. The Hall–Kier alpha value is -3.09. The summed E-state index contributed by atoms with van der Waals surface area (Å²) < 4.78 is 0. The number of rotatable bonds is 4. The van der Waals surface area contributed by atoms with Gasteiger partial charge in [-0.1, -0.05) is 18.2 Å². The molecule has 2 aromatic rings. The minimum absolute atomic E-state index is 0.0691. The van der Waals surface area contributed by atoms with Gasteiger partial charge in [0.15, 0.2) is 0 Å². The lowest BCUT2D eigenvalue weighted by Gasteiger charge is -2.26. The van der Waals surface area contributed by atoms with Gasteiger partial charge >= 0.3 is 6.03 Å². The van der Waals surface area contributed by atoms with E-state index in [4.69, 9.17) is 0 Å². The number of hydrogen-bond donors (Lipinski definition) is 4. The molecule has 142 valence electrons. The first-order chi connectivity index (χ1) is 12.9. The van der Waals surface area contributed by atoms with Gasteiger partial charge in [0.2, 0.25) is 0 Å². The highest BCUT2D eigenvalue weighted by Gasteiger charge is 2.25. The Kier molecular flexibility index (Phi) is 5.59. The Morgan fingerprint density at radius 3 is 2.63 bits per heavy atom. The van der Waals surface area contributed by atoms with Crippen LogP contribution in [0.4, 0.5) is 10.5 Å². The Bertz CT molecular complexity index is 890. The van der Waals surface area contributed by atoms with Crippen molar-refractivity contribution in [3.8, 4) is 0 Å².